The van der Waals surface area contributed by atoms with Crippen LogP contribution in [0.2, 0.25) is 0 Å². The first-order chi connectivity index (χ1) is 8.99. The lowest BCUT2D eigenvalue weighted by atomic mass is 9.83. The molecule has 1 aromatic carbocycles. The van der Waals surface area contributed by atoms with E-state index >= 15 is 0 Å². The Hall–Kier alpha value is -2.11. The third kappa shape index (κ3) is 2.14. The zero-order chi connectivity index (χ0) is 14.2. The van der Waals surface area contributed by atoms with Crippen LogP contribution in [0.1, 0.15) is 38.2 Å². The second kappa shape index (κ2) is 4.87. The number of amides is 1. The summed E-state index contributed by atoms with van der Waals surface area (Å²) in [6.45, 7) is 4.07. The summed E-state index contributed by atoms with van der Waals surface area (Å²) in [5.74, 6) is -0.126. The Balaban J connectivity index is 2.50. The number of nitro benzene ring substituents is 1. The van der Waals surface area contributed by atoms with Gasteiger partial charge in [-0.05, 0) is 17.5 Å². The highest BCUT2D eigenvalue weighted by molar-refractivity contribution is 6.04. The van der Waals surface area contributed by atoms with Gasteiger partial charge in [0, 0.05) is 6.07 Å². The van der Waals surface area contributed by atoms with E-state index in [1.54, 1.807) is 6.07 Å². The number of fused-ring (bicyclic) bond motifs is 1. The first-order valence-corrected chi connectivity index (χ1v) is 6.38. The summed E-state index contributed by atoms with van der Waals surface area (Å²) in [5.41, 5.74) is 6.95. The molecule has 1 aliphatic rings. The summed E-state index contributed by atoms with van der Waals surface area (Å²) in [6, 6.07) is 2.92. The van der Waals surface area contributed by atoms with Crippen molar-refractivity contribution >= 4 is 23.0 Å². The quantitative estimate of drug-likeness (QED) is 0.495. The normalized spacial score (nSPS) is 17.4. The predicted molar refractivity (Wildman–Crippen MR) is 73.0 cm³/mol. The third-order valence-corrected chi connectivity index (χ3v) is 3.79. The number of benzene rings is 1. The van der Waals surface area contributed by atoms with Gasteiger partial charge in [-0.1, -0.05) is 26.7 Å². The van der Waals surface area contributed by atoms with E-state index in [0.29, 0.717) is 5.69 Å². The molecule has 1 atom stereocenters. The second-order valence-corrected chi connectivity index (χ2v) is 4.80. The van der Waals surface area contributed by atoms with Gasteiger partial charge in [0.2, 0.25) is 5.91 Å². The number of carbonyl (C=O) groups is 1. The number of nitrogens with zero attached hydrogens (tertiary/aromatic N) is 1. The average molecular weight is 263 g/mol. The number of nitrogen functional groups attached to an aromatic ring is 1. The molecular formula is C13H17N3O3. The molecule has 0 spiro atoms. The molecule has 0 saturated heterocycles. The van der Waals surface area contributed by atoms with Gasteiger partial charge in [-0.15, -0.1) is 0 Å². The number of hydrogen-bond acceptors (Lipinski definition) is 4. The van der Waals surface area contributed by atoms with Gasteiger partial charge in [-0.2, -0.15) is 0 Å². The molecule has 1 heterocycles. The van der Waals surface area contributed by atoms with Crippen molar-refractivity contribution in [2.45, 2.75) is 32.6 Å². The SMILES string of the molecule is CCC(CC)C1C(=O)Nc2cc([N+](=O)[O-])c(N)cc21. The van der Waals surface area contributed by atoms with E-state index in [9.17, 15) is 14.9 Å². The van der Waals surface area contributed by atoms with Crippen LogP contribution in [0, 0.1) is 16.0 Å². The third-order valence-electron chi connectivity index (χ3n) is 3.79. The summed E-state index contributed by atoms with van der Waals surface area (Å²) >= 11 is 0. The lowest BCUT2D eigenvalue weighted by Gasteiger charge is -2.19. The Kier molecular flexibility index (Phi) is 3.42. The fraction of sp³-hybridized carbons (Fsp3) is 0.462. The van der Waals surface area contributed by atoms with E-state index in [2.05, 4.69) is 5.32 Å². The van der Waals surface area contributed by atoms with Crippen molar-refractivity contribution in [3.8, 4) is 0 Å². The van der Waals surface area contributed by atoms with Gasteiger partial charge < -0.3 is 11.1 Å². The van der Waals surface area contributed by atoms with Crippen LogP contribution in [0.3, 0.4) is 0 Å². The van der Waals surface area contributed by atoms with Crippen molar-refractivity contribution in [3.05, 3.63) is 27.8 Å². The molecular weight excluding hydrogens is 246 g/mol. The Morgan fingerprint density at radius 2 is 2.05 bits per heavy atom. The zero-order valence-corrected chi connectivity index (χ0v) is 11.0. The number of nitrogens with two attached hydrogens (primary N) is 1. The van der Waals surface area contributed by atoms with Crippen LogP contribution < -0.4 is 11.1 Å². The molecule has 0 saturated carbocycles. The van der Waals surface area contributed by atoms with Crippen LogP contribution in [-0.2, 0) is 4.79 Å². The summed E-state index contributed by atoms with van der Waals surface area (Å²) in [6.07, 6.45) is 1.76. The maximum atomic E-state index is 12.1. The Labute approximate surface area is 111 Å². The molecule has 3 N–H and O–H groups in total. The molecule has 2 rings (SSSR count). The molecule has 0 bridgehead atoms. The molecule has 19 heavy (non-hydrogen) atoms. The Morgan fingerprint density at radius 3 is 2.58 bits per heavy atom. The maximum Gasteiger partial charge on any atom is 0.294 e. The second-order valence-electron chi connectivity index (χ2n) is 4.80. The minimum absolute atomic E-state index is 0.0939. The highest BCUT2D eigenvalue weighted by atomic mass is 16.6. The first-order valence-electron chi connectivity index (χ1n) is 6.38. The molecule has 0 fully saturated rings. The van der Waals surface area contributed by atoms with E-state index in [1.807, 2.05) is 13.8 Å². The summed E-state index contributed by atoms with van der Waals surface area (Å²) < 4.78 is 0. The molecule has 1 aromatic rings. The van der Waals surface area contributed by atoms with E-state index < -0.39 is 4.92 Å². The van der Waals surface area contributed by atoms with Crippen LogP contribution in [0.15, 0.2) is 12.1 Å². The van der Waals surface area contributed by atoms with Gasteiger partial charge >= 0.3 is 0 Å². The monoisotopic (exact) mass is 263 g/mol. The lowest BCUT2D eigenvalue weighted by Crippen LogP contribution is -2.20. The van der Waals surface area contributed by atoms with Crippen LogP contribution in [0.25, 0.3) is 0 Å². The molecule has 6 nitrogen and oxygen atoms in total. The Morgan fingerprint density at radius 1 is 1.42 bits per heavy atom. The number of hydrogen-bond donors (Lipinski definition) is 2. The van der Waals surface area contributed by atoms with Crippen LogP contribution >= 0.6 is 0 Å². The van der Waals surface area contributed by atoms with Gasteiger partial charge in [-0.25, -0.2) is 0 Å². The topological polar surface area (TPSA) is 98.3 Å². The summed E-state index contributed by atoms with van der Waals surface area (Å²) in [7, 11) is 0. The average Bonchev–Trinajstić information content (AvgIpc) is 2.66. The van der Waals surface area contributed by atoms with E-state index in [-0.39, 0.29) is 29.1 Å². The van der Waals surface area contributed by atoms with Gasteiger partial charge in [0.25, 0.3) is 5.69 Å². The minimum Gasteiger partial charge on any atom is -0.393 e. The molecule has 0 aliphatic carbocycles. The first kappa shape index (κ1) is 13.3. The van der Waals surface area contributed by atoms with Gasteiger partial charge in [0.05, 0.1) is 16.5 Å². The summed E-state index contributed by atoms with van der Waals surface area (Å²) in [4.78, 5) is 22.4. The van der Waals surface area contributed by atoms with E-state index in [4.69, 9.17) is 5.73 Å². The van der Waals surface area contributed by atoms with Gasteiger partial charge in [0.1, 0.15) is 5.69 Å². The van der Waals surface area contributed by atoms with E-state index in [0.717, 1.165) is 18.4 Å². The molecule has 1 amide bonds. The fourth-order valence-corrected chi connectivity index (χ4v) is 2.73. The number of rotatable bonds is 4. The van der Waals surface area contributed by atoms with Crippen molar-refractivity contribution in [2.75, 3.05) is 11.1 Å². The standard InChI is InChI=1S/C13H17N3O3/c1-3-7(4-2)12-8-5-9(14)11(16(18)19)6-10(8)15-13(12)17/h5-7,12H,3-4,14H2,1-2H3,(H,15,17). The number of nitro groups is 1. The minimum atomic E-state index is -0.535. The molecule has 6 heteroatoms. The van der Waals surface area contributed by atoms with Gasteiger partial charge in [-0.3, -0.25) is 14.9 Å². The van der Waals surface area contributed by atoms with Crippen molar-refractivity contribution in [1.29, 1.82) is 0 Å². The smallest absolute Gasteiger partial charge is 0.294 e. The number of nitrogens with one attached hydrogen (secondary N) is 1. The predicted octanol–water partition coefficient (Wildman–Crippen LogP) is 2.65. The molecule has 0 radical (unpaired) electrons. The molecule has 1 aliphatic heterocycles. The highest BCUT2D eigenvalue weighted by Crippen LogP contribution is 2.43. The molecule has 0 aromatic heterocycles. The van der Waals surface area contributed by atoms with Crippen LogP contribution in [-0.4, -0.2) is 10.8 Å². The molecule has 1 unspecified atom stereocenters. The van der Waals surface area contributed by atoms with Crippen molar-refractivity contribution < 1.29 is 9.72 Å². The largest absolute Gasteiger partial charge is 0.393 e. The van der Waals surface area contributed by atoms with Gasteiger partial charge in [0.15, 0.2) is 0 Å². The summed E-state index contributed by atoms with van der Waals surface area (Å²) in [5, 5.41) is 13.6. The van der Waals surface area contributed by atoms with Crippen molar-refractivity contribution in [3.63, 3.8) is 0 Å². The van der Waals surface area contributed by atoms with Crippen molar-refractivity contribution in [1.82, 2.24) is 0 Å². The van der Waals surface area contributed by atoms with Crippen LogP contribution in [0.5, 0.6) is 0 Å². The highest BCUT2D eigenvalue weighted by Gasteiger charge is 2.36. The zero-order valence-electron chi connectivity index (χ0n) is 11.0. The number of anilines is 2. The molecule has 102 valence electrons. The maximum absolute atomic E-state index is 12.1. The fourth-order valence-electron chi connectivity index (χ4n) is 2.73. The van der Waals surface area contributed by atoms with Crippen LogP contribution in [0.4, 0.5) is 17.1 Å². The van der Waals surface area contributed by atoms with Crippen molar-refractivity contribution in [2.24, 2.45) is 5.92 Å². The van der Waals surface area contributed by atoms with E-state index in [1.165, 1.54) is 6.07 Å². The Bertz CT molecular complexity index is 538. The number of carbonyl (C=O) groups excluding carboxylic acids is 1. The lowest BCUT2D eigenvalue weighted by molar-refractivity contribution is -0.383.